The van der Waals surface area contributed by atoms with Gasteiger partial charge in [-0.15, -0.1) is 0 Å². The summed E-state index contributed by atoms with van der Waals surface area (Å²) in [4.78, 5) is 60.0. The molecule has 0 aromatic carbocycles. The molecule has 1 saturated heterocycles. The van der Waals surface area contributed by atoms with Crippen LogP contribution >= 0.6 is 7.60 Å². The summed E-state index contributed by atoms with van der Waals surface area (Å²) < 4.78 is 51.7. The molecule has 1 rings (SSSR count). The molecule has 1 fully saturated rings. The molecule has 1 N–H and O–H groups in total. The Labute approximate surface area is 240 Å². The van der Waals surface area contributed by atoms with E-state index in [9.17, 15) is 28.5 Å². The van der Waals surface area contributed by atoms with Crippen LogP contribution in [0.4, 0.5) is 0 Å². The number of ether oxygens (including phenoxy) is 5. The van der Waals surface area contributed by atoms with E-state index in [0.717, 1.165) is 0 Å². The third kappa shape index (κ3) is 12.5. The van der Waals surface area contributed by atoms with Gasteiger partial charge in [-0.25, -0.2) is 0 Å². The molecule has 0 aromatic rings. The molecule has 1 aliphatic heterocycles. The van der Waals surface area contributed by atoms with Crippen LogP contribution in [-0.2, 0) is 61.3 Å². The fourth-order valence-electron chi connectivity index (χ4n) is 3.63. The molecule has 5 atom stereocenters. The summed E-state index contributed by atoms with van der Waals surface area (Å²) in [7, 11) is -4.31. The average molecular weight is 610 g/mol. The summed E-state index contributed by atoms with van der Waals surface area (Å²) in [5.74, 6) is -3.58. The van der Waals surface area contributed by atoms with E-state index in [4.69, 9.17) is 32.7 Å². The molecule has 15 heteroatoms. The van der Waals surface area contributed by atoms with Crippen molar-refractivity contribution in [2.24, 2.45) is 16.7 Å². The minimum Gasteiger partial charge on any atom is -0.463 e. The molecule has 0 spiro atoms. The van der Waals surface area contributed by atoms with Gasteiger partial charge in [-0.3, -0.25) is 37.6 Å². The standard InChI is InChI=1S/C26H44NO13P/c1-15-19(11-34-17(3)29)40-20(21(27-16(2)28)22(15)39-18(4)30)12-41(33,37-13-35-23(31)25(5,6)7)38-14-36-24(32)26(8,9)10/h15,19-22H,11-14H2,1-10H3,(H,27,28)/t15-,19-,20-,21+,22+/m1/s1. The van der Waals surface area contributed by atoms with Crippen LogP contribution in [0.2, 0.25) is 0 Å². The smallest absolute Gasteiger partial charge is 0.339 e. The van der Waals surface area contributed by atoms with Gasteiger partial charge in [0, 0.05) is 26.7 Å². The van der Waals surface area contributed by atoms with Crippen molar-refractivity contribution in [1.29, 1.82) is 0 Å². The van der Waals surface area contributed by atoms with Crippen LogP contribution in [0.5, 0.6) is 0 Å². The fourth-order valence-corrected chi connectivity index (χ4v) is 5.09. The average Bonchev–Trinajstić information content (AvgIpc) is 2.80. The van der Waals surface area contributed by atoms with Crippen molar-refractivity contribution in [3.63, 3.8) is 0 Å². The number of amides is 1. The molecular weight excluding hydrogens is 565 g/mol. The van der Waals surface area contributed by atoms with Crippen LogP contribution in [0.25, 0.3) is 0 Å². The molecule has 0 saturated carbocycles. The molecule has 1 aliphatic rings. The molecule has 41 heavy (non-hydrogen) atoms. The second-order valence-corrected chi connectivity index (χ2v) is 13.9. The Bertz CT molecular complexity index is 964. The molecular formula is C26H44NO13P. The first-order chi connectivity index (χ1) is 18.7. The Morgan fingerprint density at radius 3 is 1.66 bits per heavy atom. The molecule has 0 bridgehead atoms. The summed E-state index contributed by atoms with van der Waals surface area (Å²) in [5, 5.41) is 2.66. The minimum atomic E-state index is -4.31. The molecule has 0 aromatic heterocycles. The van der Waals surface area contributed by atoms with Crippen molar-refractivity contribution in [2.45, 2.75) is 93.6 Å². The van der Waals surface area contributed by atoms with Crippen molar-refractivity contribution in [2.75, 3.05) is 26.4 Å². The van der Waals surface area contributed by atoms with Gasteiger partial charge in [0.15, 0.2) is 0 Å². The number of carbonyl (C=O) groups excluding carboxylic acids is 5. The predicted molar refractivity (Wildman–Crippen MR) is 143 cm³/mol. The SMILES string of the molecule is CC(=O)N[C@@H]1[C@@H](OC(C)=O)[C@H](C)[C@@H](COC(C)=O)O[C@@H]1CP(=O)(OCOC(=O)C(C)(C)C)OCOC(=O)C(C)(C)C. The van der Waals surface area contributed by atoms with Crippen molar-refractivity contribution in [3.8, 4) is 0 Å². The van der Waals surface area contributed by atoms with Gasteiger partial charge in [0.05, 0.1) is 35.2 Å². The number of rotatable bonds is 12. The number of carbonyl (C=O) groups is 5. The third-order valence-corrected chi connectivity index (χ3v) is 7.64. The van der Waals surface area contributed by atoms with E-state index < -0.39 is 98.2 Å². The second-order valence-electron chi connectivity index (χ2n) is 11.8. The van der Waals surface area contributed by atoms with Crippen molar-refractivity contribution in [3.05, 3.63) is 0 Å². The quantitative estimate of drug-likeness (QED) is 0.148. The van der Waals surface area contributed by atoms with E-state index in [-0.39, 0.29) is 6.61 Å². The lowest BCUT2D eigenvalue weighted by molar-refractivity contribution is -0.190. The zero-order chi connectivity index (χ0) is 31.8. The van der Waals surface area contributed by atoms with E-state index in [0.29, 0.717) is 0 Å². The van der Waals surface area contributed by atoms with Crippen molar-refractivity contribution in [1.82, 2.24) is 5.32 Å². The van der Waals surface area contributed by atoms with Crippen LogP contribution in [0.3, 0.4) is 0 Å². The zero-order valence-corrected chi connectivity index (χ0v) is 26.4. The van der Waals surface area contributed by atoms with Gasteiger partial charge < -0.3 is 29.0 Å². The van der Waals surface area contributed by atoms with Gasteiger partial charge in [-0.1, -0.05) is 6.92 Å². The van der Waals surface area contributed by atoms with Crippen LogP contribution in [-0.4, -0.2) is 80.5 Å². The number of esters is 4. The Hall–Kier alpha value is -2.54. The van der Waals surface area contributed by atoms with E-state index in [1.54, 1.807) is 48.5 Å². The second kappa shape index (κ2) is 15.1. The van der Waals surface area contributed by atoms with Crippen LogP contribution < -0.4 is 5.32 Å². The van der Waals surface area contributed by atoms with E-state index in [1.165, 1.54) is 20.8 Å². The lowest BCUT2D eigenvalue weighted by Gasteiger charge is -2.45. The molecule has 0 radical (unpaired) electrons. The highest BCUT2D eigenvalue weighted by Crippen LogP contribution is 2.51. The molecule has 14 nitrogen and oxygen atoms in total. The Morgan fingerprint density at radius 1 is 0.780 bits per heavy atom. The van der Waals surface area contributed by atoms with Crippen LogP contribution in [0.15, 0.2) is 0 Å². The van der Waals surface area contributed by atoms with Gasteiger partial charge in [-0.05, 0) is 41.5 Å². The molecule has 236 valence electrons. The summed E-state index contributed by atoms with van der Waals surface area (Å²) in [6, 6.07) is -1.03. The van der Waals surface area contributed by atoms with E-state index >= 15 is 0 Å². The zero-order valence-electron chi connectivity index (χ0n) is 25.5. The monoisotopic (exact) mass is 609 g/mol. The highest BCUT2D eigenvalue weighted by atomic mass is 31.2. The summed E-state index contributed by atoms with van der Waals surface area (Å²) >= 11 is 0. The van der Waals surface area contributed by atoms with Crippen LogP contribution in [0, 0.1) is 16.7 Å². The molecule has 1 heterocycles. The highest BCUT2D eigenvalue weighted by Gasteiger charge is 2.49. The predicted octanol–water partition coefficient (Wildman–Crippen LogP) is 2.71. The first kappa shape index (κ1) is 36.5. The Balaban J connectivity index is 3.35. The Morgan fingerprint density at radius 2 is 1.27 bits per heavy atom. The van der Waals surface area contributed by atoms with Gasteiger partial charge >= 0.3 is 31.5 Å². The van der Waals surface area contributed by atoms with Gasteiger partial charge in [0.25, 0.3) is 0 Å². The first-order valence-corrected chi connectivity index (χ1v) is 14.8. The summed E-state index contributed by atoms with van der Waals surface area (Å²) in [6.07, 6.45) is -3.56. The lowest BCUT2D eigenvalue weighted by Crippen LogP contribution is -2.63. The largest absolute Gasteiger partial charge is 0.463 e. The summed E-state index contributed by atoms with van der Waals surface area (Å²) in [5.41, 5.74) is -1.76. The Kier molecular flexibility index (Phi) is 13.4. The maximum Gasteiger partial charge on any atom is 0.339 e. The molecule has 0 aliphatic carbocycles. The first-order valence-electron chi connectivity index (χ1n) is 13.1. The summed E-state index contributed by atoms with van der Waals surface area (Å²) in [6.45, 7) is 13.3. The van der Waals surface area contributed by atoms with E-state index in [1.807, 2.05) is 0 Å². The van der Waals surface area contributed by atoms with Gasteiger partial charge in [0.2, 0.25) is 19.5 Å². The number of hydrogen-bond donors (Lipinski definition) is 1. The maximum atomic E-state index is 13.9. The third-order valence-electron chi connectivity index (χ3n) is 5.84. The lowest BCUT2D eigenvalue weighted by atomic mass is 9.86. The minimum absolute atomic E-state index is 0.226. The normalized spacial score (nSPS) is 23.2. The number of hydrogen-bond acceptors (Lipinski definition) is 13. The van der Waals surface area contributed by atoms with E-state index in [2.05, 4.69) is 5.32 Å². The fraction of sp³-hybridized carbons (Fsp3) is 0.808. The van der Waals surface area contributed by atoms with Crippen LogP contribution in [0.1, 0.15) is 69.2 Å². The maximum absolute atomic E-state index is 13.9. The topological polar surface area (TPSA) is 179 Å². The van der Waals surface area contributed by atoms with Gasteiger partial charge in [-0.2, -0.15) is 0 Å². The molecule has 1 amide bonds. The van der Waals surface area contributed by atoms with Crippen molar-refractivity contribution >= 4 is 37.4 Å². The van der Waals surface area contributed by atoms with Gasteiger partial charge in [0.1, 0.15) is 12.7 Å². The number of nitrogens with one attached hydrogen (secondary N) is 1. The molecule has 0 unspecified atom stereocenters. The highest BCUT2D eigenvalue weighted by molar-refractivity contribution is 7.53. The van der Waals surface area contributed by atoms with Crippen molar-refractivity contribution < 1.29 is 61.3 Å².